The third-order valence-corrected chi connectivity index (χ3v) is 7.79. The zero-order chi connectivity index (χ0) is 24.7. The van der Waals surface area contributed by atoms with E-state index in [0.29, 0.717) is 25.3 Å². The molecule has 2 fully saturated rings. The smallest absolute Gasteiger partial charge is 0.222 e. The van der Waals surface area contributed by atoms with Crippen molar-refractivity contribution in [3.63, 3.8) is 0 Å². The van der Waals surface area contributed by atoms with Gasteiger partial charge in [-0.2, -0.15) is 0 Å². The highest BCUT2D eigenvalue weighted by atomic mass is 16.5. The number of fused-ring (bicyclic) bond motifs is 1. The second-order valence-electron chi connectivity index (χ2n) is 10.3. The van der Waals surface area contributed by atoms with Gasteiger partial charge in [0.25, 0.3) is 0 Å². The summed E-state index contributed by atoms with van der Waals surface area (Å²) in [5, 5.41) is 13.4. The first-order valence-corrected chi connectivity index (χ1v) is 13.5. The van der Waals surface area contributed by atoms with Crippen LogP contribution in [0, 0.1) is 0 Å². The Morgan fingerprint density at radius 3 is 2.47 bits per heavy atom. The lowest BCUT2D eigenvalue weighted by molar-refractivity contribution is -0.130. The molecule has 3 aromatic rings. The van der Waals surface area contributed by atoms with Crippen molar-refractivity contribution >= 4 is 16.7 Å². The summed E-state index contributed by atoms with van der Waals surface area (Å²) < 4.78 is 6.04. The van der Waals surface area contributed by atoms with Crippen molar-refractivity contribution < 1.29 is 14.6 Å². The quantitative estimate of drug-likeness (QED) is 0.462. The molecule has 0 saturated carbocycles. The number of amides is 1. The van der Waals surface area contributed by atoms with Gasteiger partial charge in [-0.15, -0.1) is 0 Å². The van der Waals surface area contributed by atoms with Crippen LogP contribution in [0.2, 0.25) is 0 Å². The van der Waals surface area contributed by atoms with Crippen molar-refractivity contribution in [2.75, 3.05) is 39.3 Å². The first-order valence-electron chi connectivity index (χ1n) is 13.5. The predicted octanol–water partition coefficient (Wildman–Crippen LogP) is 5.01. The molecule has 5 nitrogen and oxygen atoms in total. The Labute approximate surface area is 214 Å². The summed E-state index contributed by atoms with van der Waals surface area (Å²) in [6, 6.07) is 23.2. The molecule has 2 aliphatic rings. The minimum absolute atomic E-state index is 0.231. The number of carbonyl (C=O) groups is 1. The number of carbonyl (C=O) groups excluding carboxylic acids is 1. The van der Waals surface area contributed by atoms with Crippen LogP contribution >= 0.6 is 0 Å². The zero-order valence-electron chi connectivity index (χ0n) is 21.1. The number of benzene rings is 3. The van der Waals surface area contributed by atoms with Crippen LogP contribution in [0.1, 0.15) is 49.1 Å². The van der Waals surface area contributed by atoms with Crippen LogP contribution in [0.25, 0.3) is 10.8 Å². The van der Waals surface area contributed by atoms with Crippen molar-refractivity contribution in [1.29, 1.82) is 0 Å². The van der Waals surface area contributed by atoms with E-state index >= 15 is 0 Å². The monoisotopic (exact) mass is 486 g/mol. The molecule has 0 radical (unpaired) electrons. The summed E-state index contributed by atoms with van der Waals surface area (Å²) in [5.41, 5.74) is 2.49. The molecule has 3 aromatic carbocycles. The molecule has 2 saturated heterocycles. The summed E-state index contributed by atoms with van der Waals surface area (Å²) in [6.07, 6.45) is 5.08. The van der Waals surface area contributed by atoms with E-state index in [4.69, 9.17) is 4.74 Å². The lowest BCUT2D eigenvalue weighted by Gasteiger charge is -2.33. The van der Waals surface area contributed by atoms with Gasteiger partial charge in [0.05, 0.1) is 0 Å². The molecule has 0 aliphatic carbocycles. The Morgan fingerprint density at radius 1 is 0.917 bits per heavy atom. The fourth-order valence-corrected chi connectivity index (χ4v) is 5.79. The number of aryl methyl sites for hydroxylation is 1. The molecule has 1 atom stereocenters. The molecule has 36 heavy (non-hydrogen) atoms. The van der Waals surface area contributed by atoms with Gasteiger partial charge in [0.2, 0.25) is 5.91 Å². The van der Waals surface area contributed by atoms with Crippen LogP contribution in [0.5, 0.6) is 5.75 Å². The van der Waals surface area contributed by atoms with Gasteiger partial charge in [0, 0.05) is 26.1 Å². The second-order valence-corrected chi connectivity index (χ2v) is 10.3. The number of nitrogens with zero attached hydrogens (tertiary/aromatic N) is 2. The average molecular weight is 487 g/mol. The van der Waals surface area contributed by atoms with Crippen molar-refractivity contribution in [2.45, 2.75) is 50.5 Å². The fraction of sp³-hybridized carbons (Fsp3) is 0.452. The first kappa shape index (κ1) is 24.8. The van der Waals surface area contributed by atoms with E-state index < -0.39 is 6.10 Å². The topological polar surface area (TPSA) is 53.0 Å². The van der Waals surface area contributed by atoms with E-state index in [9.17, 15) is 9.90 Å². The second kappa shape index (κ2) is 11.9. The highest BCUT2D eigenvalue weighted by molar-refractivity contribution is 5.86. The lowest BCUT2D eigenvalue weighted by Crippen LogP contribution is -2.40. The van der Waals surface area contributed by atoms with Crippen molar-refractivity contribution in [2.24, 2.45) is 0 Å². The number of hydrogen-bond acceptors (Lipinski definition) is 4. The largest absolute Gasteiger partial charge is 0.491 e. The van der Waals surface area contributed by atoms with Crippen molar-refractivity contribution in [1.82, 2.24) is 9.80 Å². The van der Waals surface area contributed by atoms with Gasteiger partial charge in [-0.25, -0.2) is 0 Å². The summed E-state index contributed by atoms with van der Waals surface area (Å²) >= 11 is 0. The molecular formula is C31H38N2O3. The summed E-state index contributed by atoms with van der Waals surface area (Å²) in [6.45, 7) is 4.64. The number of aliphatic hydroxyl groups excluding tert-OH is 1. The molecular weight excluding hydrogens is 448 g/mol. The number of β-amino-alcohol motifs (C(OH)–C–C–N with tert-alkyl or cyclic N) is 1. The maximum absolute atomic E-state index is 12.4. The Hall–Kier alpha value is -2.89. The van der Waals surface area contributed by atoms with E-state index in [-0.39, 0.29) is 12.5 Å². The molecule has 5 rings (SSSR count). The van der Waals surface area contributed by atoms with Gasteiger partial charge in [-0.3, -0.25) is 4.79 Å². The normalized spacial score (nSPS) is 18.0. The van der Waals surface area contributed by atoms with Crippen LogP contribution < -0.4 is 4.74 Å². The van der Waals surface area contributed by atoms with Crippen LogP contribution in [-0.4, -0.2) is 66.2 Å². The third-order valence-electron chi connectivity index (χ3n) is 7.79. The number of piperidine rings is 1. The highest BCUT2D eigenvalue weighted by Crippen LogP contribution is 2.33. The Morgan fingerprint density at radius 2 is 1.64 bits per heavy atom. The number of rotatable bonds is 9. The van der Waals surface area contributed by atoms with E-state index in [1.54, 1.807) is 0 Å². The highest BCUT2D eigenvalue weighted by Gasteiger charge is 2.24. The Balaban J connectivity index is 1.09. The van der Waals surface area contributed by atoms with E-state index in [1.807, 2.05) is 29.2 Å². The molecule has 0 aromatic heterocycles. The summed E-state index contributed by atoms with van der Waals surface area (Å²) in [5.74, 6) is 1.57. The predicted molar refractivity (Wildman–Crippen MR) is 144 cm³/mol. The molecule has 190 valence electrons. The number of ether oxygens (including phenoxy) is 1. The average Bonchev–Trinajstić information content (AvgIpc) is 3.47. The van der Waals surface area contributed by atoms with Crippen molar-refractivity contribution in [3.8, 4) is 5.75 Å². The van der Waals surface area contributed by atoms with E-state index in [2.05, 4.69) is 47.4 Å². The first-order chi connectivity index (χ1) is 17.7. The third kappa shape index (κ3) is 6.08. The molecule has 0 spiro atoms. The molecule has 2 heterocycles. The maximum atomic E-state index is 12.4. The van der Waals surface area contributed by atoms with Crippen LogP contribution in [-0.2, 0) is 11.2 Å². The molecule has 0 bridgehead atoms. The maximum Gasteiger partial charge on any atom is 0.222 e. The number of aliphatic hydroxyl groups is 1. The van der Waals surface area contributed by atoms with Gasteiger partial charge >= 0.3 is 0 Å². The Bertz CT molecular complexity index is 1140. The van der Waals surface area contributed by atoms with Crippen LogP contribution in [0.4, 0.5) is 0 Å². The van der Waals surface area contributed by atoms with Gasteiger partial charge < -0.3 is 19.6 Å². The van der Waals surface area contributed by atoms with E-state index in [1.165, 1.54) is 16.3 Å². The minimum atomic E-state index is -0.543. The molecule has 1 unspecified atom stereocenters. The Kier molecular flexibility index (Phi) is 8.19. The number of hydrogen-bond donors (Lipinski definition) is 1. The fourth-order valence-electron chi connectivity index (χ4n) is 5.79. The zero-order valence-corrected chi connectivity index (χ0v) is 21.1. The SMILES string of the molecule is O=C(CCc1ccccc1OCC(O)CN1CCC(c2cccc3ccccc23)CC1)N1CCCC1. The van der Waals surface area contributed by atoms with Crippen LogP contribution in [0.3, 0.4) is 0 Å². The standard InChI is InChI=1S/C31H38N2O3/c34-27(23-36-30-13-4-2-9-26(30)14-15-31(35)33-18-5-6-19-33)22-32-20-16-25(17-21-32)29-12-7-10-24-8-1-3-11-28(24)29/h1-4,7-13,25,27,34H,5-6,14-23H2. The molecule has 1 N–H and O–H groups in total. The summed E-state index contributed by atoms with van der Waals surface area (Å²) in [7, 11) is 0. The lowest BCUT2D eigenvalue weighted by atomic mass is 9.86. The molecule has 2 aliphatic heterocycles. The number of para-hydroxylation sites is 1. The van der Waals surface area contributed by atoms with Gasteiger partial charge in [0.1, 0.15) is 18.5 Å². The van der Waals surface area contributed by atoms with E-state index in [0.717, 1.165) is 63.2 Å². The van der Waals surface area contributed by atoms with Gasteiger partial charge in [-0.1, -0.05) is 60.7 Å². The molecule has 1 amide bonds. The van der Waals surface area contributed by atoms with Crippen molar-refractivity contribution in [3.05, 3.63) is 77.9 Å². The molecule has 5 heteroatoms. The number of likely N-dealkylation sites (tertiary alicyclic amines) is 2. The van der Waals surface area contributed by atoms with Crippen LogP contribution in [0.15, 0.2) is 66.7 Å². The van der Waals surface area contributed by atoms with Gasteiger partial charge in [-0.05, 0) is 79.1 Å². The minimum Gasteiger partial charge on any atom is -0.491 e. The van der Waals surface area contributed by atoms with Gasteiger partial charge in [0.15, 0.2) is 0 Å². The summed E-state index contributed by atoms with van der Waals surface area (Å²) in [4.78, 5) is 16.8.